The monoisotopic (exact) mass is 331 g/mol. The Bertz CT molecular complexity index is 562. The average molecular weight is 331 g/mol. The SMILES string of the molecule is COCc1cnc(C)nc1C1CCN(C(=O)C2CCCCC2)CC1. The Balaban J connectivity index is 1.62. The molecule has 0 atom stereocenters. The molecule has 2 aliphatic rings. The fourth-order valence-electron chi connectivity index (χ4n) is 4.11. The minimum Gasteiger partial charge on any atom is -0.380 e. The number of hydrogen-bond donors (Lipinski definition) is 0. The number of aryl methyl sites for hydroxylation is 1. The minimum atomic E-state index is 0.278. The normalized spacial score (nSPS) is 20.3. The van der Waals surface area contributed by atoms with Crippen LogP contribution in [0.3, 0.4) is 0 Å². The van der Waals surface area contributed by atoms with Crippen LogP contribution in [-0.2, 0) is 16.1 Å². The van der Waals surface area contributed by atoms with Crippen LogP contribution in [0.15, 0.2) is 6.20 Å². The molecule has 1 amide bonds. The molecule has 1 saturated heterocycles. The molecule has 3 rings (SSSR count). The summed E-state index contributed by atoms with van der Waals surface area (Å²) in [7, 11) is 1.70. The van der Waals surface area contributed by atoms with E-state index in [1.807, 2.05) is 13.1 Å². The molecule has 132 valence electrons. The quantitative estimate of drug-likeness (QED) is 0.850. The number of amides is 1. The Morgan fingerprint density at radius 3 is 2.58 bits per heavy atom. The molecule has 1 saturated carbocycles. The lowest BCUT2D eigenvalue weighted by atomic mass is 9.86. The Hall–Kier alpha value is -1.49. The van der Waals surface area contributed by atoms with Crippen molar-refractivity contribution in [1.29, 1.82) is 0 Å². The summed E-state index contributed by atoms with van der Waals surface area (Å²) in [6, 6.07) is 0. The molecular weight excluding hydrogens is 302 g/mol. The van der Waals surface area contributed by atoms with Crippen molar-refractivity contribution in [1.82, 2.24) is 14.9 Å². The van der Waals surface area contributed by atoms with Crippen LogP contribution in [0.5, 0.6) is 0 Å². The fraction of sp³-hybridized carbons (Fsp3) is 0.737. The van der Waals surface area contributed by atoms with Crippen molar-refractivity contribution in [3.05, 3.63) is 23.3 Å². The fourth-order valence-corrected chi connectivity index (χ4v) is 4.11. The number of nitrogens with zero attached hydrogens (tertiary/aromatic N) is 3. The number of rotatable bonds is 4. The van der Waals surface area contributed by atoms with Gasteiger partial charge in [-0.25, -0.2) is 9.97 Å². The van der Waals surface area contributed by atoms with Crippen molar-refractivity contribution in [2.45, 2.75) is 64.4 Å². The van der Waals surface area contributed by atoms with Crippen LogP contribution in [0, 0.1) is 12.8 Å². The second-order valence-electron chi connectivity index (χ2n) is 7.20. The van der Waals surface area contributed by atoms with Gasteiger partial charge in [0.15, 0.2) is 0 Å². The zero-order chi connectivity index (χ0) is 16.9. The van der Waals surface area contributed by atoms with E-state index in [0.29, 0.717) is 18.4 Å². The molecule has 0 bridgehead atoms. The Kier molecular flexibility index (Phi) is 5.82. The molecule has 0 N–H and O–H groups in total. The number of ether oxygens (including phenoxy) is 1. The van der Waals surface area contributed by atoms with Crippen LogP contribution < -0.4 is 0 Å². The molecule has 1 aromatic heterocycles. The van der Waals surface area contributed by atoms with Crippen LogP contribution in [0.4, 0.5) is 0 Å². The molecule has 1 aliphatic heterocycles. The molecule has 2 fully saturated rings. The summed E-state index contributed by atoms with van der Waals surface area (Å²) in [5.41, 5.74) is 2.20. The van der Waals surface area contributed by atoms with E-state index in [9.17, 15) is 4.79 Å². The standard InChI is InChI=1S/C19H29N3O2/c1-14-20-12-17(13-24-2)18(21-14)15-8-10-22(11-9-15)19(23)16-6-4-3-5-7-16/h12,15-16H,3-11,13H2,1-2H3. The minimum absolute atomic E-state index is 0.278. The largest absolute Gasteiger partial charge is 0.380 e. The van der Waals surface area contributed by atoms with E-state index in [1.54, 1.807) is 7.11 Å². The third kappa shape index (κ3) is 3.94. The maximum absolute atomic E-state index is 12.7. The van der Waals surface area contributed by atoms with Gasteiger partial charge in [-0.15, -0.1) is 0 Å². The summed E-state index contributed by atoms with van der Waals surface area (Å²) >= 11 is 0. The Labute approximate surface area is 144 Å². The first-order valence-corrected chi connectivity index (χ1v) is 9.29. The van der Waals surface area contributed by atoms with E-state index >= 15 is 0 Å². The summed E-state index contributed by atoms with van der Waals surface area (Å²) in [5.74, 6) is 1.89. The number of piperidine rings is 1. The van der Waals surface area contributed by atoms with Gasteiger partial charge in [-0.1, -0.05) is 19.3 Å². The van der Waals surface area contributed by atoms with Gasteiger partial charge in [-0.3, -0.25) is 4.79 Å². The molecule has 0 spiro atoms. The molecule has 1 aromatic rings. The van der Waals surface area contributed by atoms with Gasteiger partial charge in [0, 0.05) is 43.8 Å². The first-order chi connectivity index (χ1) is 11.7. The lowest BCUT2D eigenvalue weighted by Crippen LogP contribution is -2.42. The van der Waals surface area contributed by atoms with E-state index in [4.69, 9.17) is 4.74 Å². The van der Waals surface area contributed by atoms with Gasteiger partial charge in [0.2, 0.25) is 5.91 Å². The van der Waals surface area contributed by atoms with E-state index in [2.05, 4.69) is 14.9 Å². The Morgan fingerprint density at radius 1 is 1.21 bits per heavy atom. The third-order valence-electron chi connectivity index (χ3n) is 5.47. The summed E-state index contributed by atoms with van der Waals surface area (Å²) < 4.78 is 5.29. The average Bonchev–Trinajstić information content (AvgIpc) is 2.64. The second kappa shape index (κ2) is 8.06. The van der Waals surface area contributed by atoms with Gasteiger partial charge < -0.3 is 9.64 Å². The molecule has 1 aliphatic carbocycles. The first kappa shape index (κ1) is 17.3. The van der Waals surface area contributed by atoms with Gasteiger partial charge >= 0.3 is 0 Å². The van der Waals surface area contributed by atoms with Gasteiger partial charge in [-0.2, -0.15) is 0 Å². The lowest BCUT2D eigenvalue weighted by molar-refractivity contribution is -0.137. The number of carbonyl (C=O) groups excluding carboxylic acids is 1. The van der Waals surface area contributed by atoms with Crippen LogP contribution >= 0.6 is 0 Å². The van der Waals surface area contributed by atoms with Gasteiger partial charge in [0.25, 0.3) is 0 Å². The summed E-state index contributed by atoms with van der Waals surface area (Å²) in [6.07, 6.45) is 9.77. The van der Waals surface area contributed by atoms with Crippen molar-refractivity contribution in [3.8, 4) is 0 Å². The van der Waals surface area contributed by atoms with Crippen molar-refractivity contribution in [2.24, 2.45) is 5.92 Å². The van der Waals surface area contributed by atoms with Crippen molar-refractivity contribution < 1.29 is 9.53 Å². The van der Waals surface area contributed by atoms with Crippen molar-refractivity contribution in [3.63, 3.8) is 0 Å². The number of carbonyl (C=O) groups is 1. The molecular formula is C19H29N3O2. The molecule has 5 nitrogen and oxygen atoms in total. The van der Waals surface area contributed by atoms with Gasteiger partial charge in [0.1, 0.15) is 5.82 Å². The highest BCUT2D eigenvalue weighted by molar-refractivity contribution is 5.79. The number of likely N-dealkylation sites (tertiary alicyclic amines) is 1. The molecule has 24 heavy (non-hydrogen) atoms. The van der Waals surface area contributed by atoms with Crippen molar-refractivity contribution >= 4 is 5.91 Å². The van der Waals surface area contributed by atoms with Gasteiger partial charge in [0.05, 0.1) is 12.3 Å². The van der Waals surface area contributed by atoms with E-state index < -0.39 is 0 Å². The maximum Gasteiger partial charge on any atom is 0.225 e. The van der Waals surface area contributed by atoms with Crippen LogP contribution in [0.2, 0.25) is 0 Å². The first-order valence-electron chi connectivity index (χ1n) is 9.29. The summed E-state index contributed by atoms with van der Waals surface area (Å²) in [6.45, 7) is 4.20. The zero-order valence-corrected chi connectivity index (χ0v) is 15.0. The topological polar surface area (TPSA) is 55.3 Å². The predicted molar refractivity (Wildman–Crippen MR) is 92.6 cm³/mol. The van der Waals surface area contributed by atoms with Crippen LogP contribution in [0.25, 0.3) is 0 Å². The summed E-state index contributed by atoms with van der Waals surface area (Å²) in [4.78, 5) is 23.8. The van der Waals surface area contributed by atoms with Crippen LogP contribution in [-0.4, -0.2) is 41.0 Å². The zero-order valence-electron chi connectivity index (χ0n) is 15.0. The molecule has 5 heteroatoms. The van der Waals surface area contributed by atoms with Crippen molar-refractivity contribution in [2.75, 3.05) is 20.2 Å². The van der Waals surface area contributed by atoms with Gasteiger partial charge in [-0.05, 0) is 32.6 Å². The number of aromatic nitrogens is 2. The highest BCUT2D eigenvalue weighted by Crippen LogP contribution is 2.32. The molecule has 2 heterocycles. The number of methoxy groups -OCH3 is 1. The molecule has 0 aromatic carbocycles. The third-order valence-corrected chi connectivity index (χ3v) is 5.47. The van der Waals surface area contributed by atoms with E-state index in [0.717, 1.165) is 55.9 Å². The van der Waals surface area contributed by atoms with Crippen LogP contribution in [0.1, 0.15) is 67.9 Å². The predicted octanol–water partition coefficient (Wildman–Crippen LogP) is 3.22. The van der Waals surface area contributed by atoms with E-state index in [1.165, 1.54) is 19.3 Å². The van der Waals surface area contributed by atoms with E-state index in [-0.39, 0.29) is 5.92 Å². The Morgan fingerprint density at radius 2 is 1.92 bits per heavy atom. The lowest BCUT2D eigenvalue weighted by Gasteiger charge is -2.35. The molecule has 0 unspecified atom stereocenters. The maximum atomic E-state index is 12.7. The number of hydrogen-bond acceptors (Lipinski definition) is 4. The highest BCUT2D eigenvalue weighted by Gasteiger charge is 2.30. The summed E-state index contributed by atoms with van der Waals surface area (Å²) in [5, 5.41) is 0. The smallest absolute Gasteiger partial charge is 0.225 e. The molecule has 0 radical (unpaired) electrons. The second-order valence-corrected chi connectivity index (χ2v) is 7.20. The highest BCUT2D eigenvalue weighted by atomic mass is 16.5.